The molecule has 0 aliphatic carbocycles. The van der Waals surface area contributed by atoms with E-state index in [4.69, 9.17) is 11.6 Å². The van der Waals surface area contributed by atoms with Crippen LogP contribution in [0, 0.1) is 0 Å². The van der Waals surface area contributed by atoms with Gasteiger partial charge in [0.1, 0.15) is 0 Å². The summed E-state index contributed by atoms with van der Waals surface area (Å²) in [4.78, 5) is 0. The summed E-state index contributed by atoms with van der Waals surface area (Å²) < 4.78 is 0. The van der Waals surface area contributed by atoms with Gasteiger partial charge in [0.15, 0.2) is 0 Å². The minimum Gasteiger partial charge on any atom is -0.0930 e. The van der Waals surface area contributed by atoms with Crippen LogP contribution in [0.5, 0.6) is 0 Å². The average Bonchev–Trinajstić information content (AvgIpc) is 1.89. The van der Waals surface area contributed by atoms with Crippen LogP contribution < -0.4 is 0 Å². The molecular weight excluding hydrogens is 132 g/mol. The Kier molecular flexibility index (Phi) is 7.57. The highest BCUT2D eigenvalue weighted by Crippen LogP contribution is 1.94. The lowest BCUT2D eigenvalue weighted by molar-refractivity contribution is 0.815. The van der Waals surface area contributed by atoms with Crippen LogP contribution >= 0.6 is 11.6 Å². The van der Waals surface area contributed by atoms with Gasteiger partial charge in [-0.05, 0) is 6.42 Å². The van der Waals surface area contributed by atoms with Gasteiger partial charge < -0.3 is 0 Å². The molecule has 0 unspecified atom stereocenters. The lowest BCUT2D eigenvalue weighted by Gasteiger charge is -1.84. The highest BCUT2D eigenvalue weighted by atomic mass is 35.5. The van der Waals surface area contributed by atoms with Gasteiger partial charge in [0.25, 0.3) is 0 Å². The fourth-order valence-electron chi connectivity index (χ4n) is 0.539. The maximum atomic E-state index is 5.28. The molecule has 0 fully saturated rings. The zero-order chi connectivity index (χ0) is 6.95. The molecule has 52 valence electrons. The second-order valence-corrected chi connectivity index (χ2v) is 2.14. The number of unbranched alkanes of at least 4 members (excludes halogenated alkanes) is 2. The summed E-state index contributed by atoms with van der Waals surface area (Å²) in [6.07, 6.45) is 9.63. The molecule has 0 atom stereocenters. The predicted octanol–water partition coefficient (Wildman–Crippen LogP) is 3.49. The van der Waals surface area contributed by atoms with E-state index in [1.54, 1.807) is 0 Å². The van der Waals surface area contributed by atoms with Crippen molar-refractivity contribution in [2.24, 2.45) is 0 Å². The summed E-state index contributed by atoms with van der Waals surface area (Å²) in [5, 5.41) is 0. The van der Waals surface area contributed by atoms with Crippen molar-refractivity contribution < 1.29 is 0 Å². The van der Waals surface area contributed by atoms with Gasteiger partial charge in [-0.3, -0.25) is 0 Å². The number of allylic oxidation sites excluding steroid dienone is 3. The van der Waals surface area contributed by atoms with Crippen molar-refractivity contribution in [2.45, 2.75) is 26.2 Å². The summed E-state index contributed by atoms with van der Waals surface area (Å²) >= 11 is 5.28. The third-order valence-electron chi connectivity index (χ3n) is 1.04. The second kappa shape index (κ2) is 7.77. The molecule has 0 aromatic rings. The molecule has 9 heavy (non-hydrogen) atoms. The Labute approximate surface area is 62.2 Å². The van der Waals surface area contributed by atoms with Gasteiger partial charge >= 0.3 is 0 Å². The van der Waals surface area contributed by atoms with Crippen molar-refractivity contribution in [3.63, 3.8) is 0 Å². The lowest BCUT2D eigenvalue weighted by Crippen LogP contribution is -1.64. The van der Waals surface area contributed by atoms with Crippen LogP contribution in [0.4, 0.5) is 0 Å². The summed E-state index contributed by atoms with van der Waals surface area (Å²) in [6.45, 7) is 2.19. The van der Waals surface area contributed by atoms with E-state index in [1.165, 1.54) is 18.4 Å². The highest BCUT2D eigenvalue weighted by Gasteiger charge is 1.74. The molecule has 0 aromatic carbocycles. The maximum absolute atomic E-state index is 5.28. The van der Waals surface area contributed by atoms with E-state index in [1.807, 2.05) is 12.2 Å². The largest absolute Gasteiger partial charge is 0.0930 e. The zero-order valence-electron chi connectivity index (χ0n) is 5.81. The summed E-state index contributed by atoms with van der Waals surface area (Å²) in [6, 6.07) is 0. The normalized spacial score (nSPS) is 11.8. The van der Waals surface area contributed by atoms with E-state index >= 15 is 0 Å². The third kappa shape index (κ3) is 7.77. The average molecular weight is 145 g/mol. The summed E-state index contributed by atoms with van der Waals surface area (Å²) in [5.74, 6) is 0. The molecule has 1 heteroatoms. The van der Waals surface area contributed by atoms with Crippen molar-refractivity contribution in [3.05, 3.63) is 23.8 Å². The van der Waals surface area contributed by atoms with Gasteiger partial charge in [-0.25, -0.2) is 0 Å². The smallest absolute Gasteiger partial charge is 0.00423 e. The Morgan fingerprint density at radius 2 is 2.11 bits per heavy atom. The van der Waals surface area contributed by atoms with Gasteiger partial charge in [-0.1, -0.05) is 49.6 Å². The molecule has 0 saturated heterocycles. The fourth-order valence-corrected chi connectivity index (χ4v) is 0.623. The van der Waals surface area contributed by atoms with Crippen molar-refractivity contribution in [1.29, 1.82) is 0 Å². The van der Waals surface area contributed by atoms with Gasteiger partial charge in [0.2, 0.25) is 0 Å². The number of hydrogen-bond donors (Lipinski definition) is 0. The Morgan fingerprint density at radius 1 is 1.33 bits per heavy atom. The maximum Gasteiger partial charge on any atom is 0.00423 e. The first kappa shape index (κ1) is 8.77. The van der Waals surface area contributed by atoms with Crippen LogP contribution in [-0.4, -0.2) is 0 Å². The van der Waals surface area contributed by atoms with E-state index in [-0.39, 0.29) is 0 Å². The van der Waals surface area contributed by atoms with Gasteiger partial charge in [-0.15, -0.1) is 0 Å². The van der Waals surface area contributed by atoms with Crippen LogP contribution in [0.2, 0.25) is 0 Å². The molecular formula is C8H13Cl. The van der Waals surface area contributed by atoms with Crippen LogP contribution in [-0.2, 0) is 0 Å². The molecule has 0 amide bonds. The van der Waals surface area contributed by atoms with Crippen LogP contribution in [0.1, 0.15) is 26.2 Å². The van der Waals surface area contributed by atoms with Crippen molar-refractivity contribution in [2.75, 3.05) is 0 Å². The number of hydrogen-bond acceptors (Lipinski definition) is 0. The molecule has 0 heterocycles. The zero-order valence-corrected chi connectivity index (χ0v) is 6.56. The Hall–Kier alpha value is -0.230. The molecule has 0 aliphatic rings. The molecule has 0 radical (unpaired) electrons. The topological polar surface area (TPSA) is 0 Å². The molecule has 0 aliphatic heterocycles. The first-order chi connectivity index (χ1) is 4.41. The Bertz CT molecular complexity index is 92.7. The number of halogens is 1. The minimum atomic E-state index is 1.16. The SMILES string of the molecule is CCCCC=CC=CCl. The quantitative estimate of drug-likeness (QED) is 0.419. The Balaban J connectivity index is 3.04. The molecule has 0 spiro atoms. The molecule has 0 nitrogen and oxygen atoms in total. The standard InChI is InChI=1S/C8H13Cl/c1-2-3-4-5-6-7-8-9/h5-8H,2-4H2,1H3. The van der Waals surface area contributed by atoms with Crippen LogP contribution in [0.15, 0.2) is 23.8 Å². The highest BCUT2D eigenvalue weighted by molar-refractivity contribution is 6.25. The van der Waals surface area contributed by atoms with Crippen molar-refractivity contribution in [3.8, 4) is 0 Å². The minimum absolute atomic E-state index is 1.16. The number of rotatable bonds is 4. The van der Waals surface area contributed by atoms with E-state index in [9.17, 15) is 0 Å². The van der Waals surface area contributed by atoms with E-state index in [0.717, 1.165) is 6.42 Å². The molecule has 0 N–H and O–H groups in total. The Morgan fingerprint density at radius 3 is 2.67 bits per heavy atom. The molecule has 0 rings (SSSR count). The van der Waals surface area contributed by atoms with E-state index in [0.29, 0.717) is 0 Å². The monoisotopic (exact) mass is 144 g/mol. The molecule has 0 saturated carbocycles. The fraction of sp³-hybridized carbons (Fsp3) is 0.500. The van der Waals surface area contributed by atoms with Crippen LogP contribution in [0.3, 0.4) is 0 Å². The van der Waals surface area contributed by atoms with Crippen molar-refractivity contribution in [1.82, 2.24) is 0 Å². The van der Waals surface area contributed by atoms with Gasteiger partial charge in [0.05, 0.1) is 0 Å². The lowest BCUT2D eigenvalue weighted by atomic mass is 10.2. The second-order valence-electron chi connectivity index (χ2n) is 1.89. The van der Waals surface area contributed by atoms with Gasteiger partial charge in [0, 0.05) is 5.54 Å². The third-order valence-corrected chi connectivity index (χ3v) is 1.19. The predicted molar refractivity (Wildman–Crippen MR) is 43.7 cm³/mol. The van der Waals surface area contributed by atoms with E-state index < -0.39 is 0 Å². The van der Waals surface area contributed by atoms with Gasteiger partial charge in [-0.2, -0.15) is 0 Å². The molecule has 0 aromatic heterocycles. The summed E-state index contributed by atoms with van der Waals surface area (Å²) in [7, 11) is 0. The first-order valence-corrected chi connectivity index (χ1v) is 3.77. The first-order valence-electron chi connectivity index (χ1n) is 3.33. The van der Waals surface area contributed by atoms with Crippen LogP contribution in [0.25, 0.3) is 0 Å². The van der Waals surface area contributed by atoms with E-state index in [2.05, 4.69) is 13.0 Å². The molecule has 0 bridgehead atoms. The summed E-state index contributed by atoms with van der Waals surface area (Å²) in [5.41, 5.74) is 1.52. The van der Waals surface area contributed by atoms with Crippen molar-refractivity contribution >= 4 is 11.6 Å².